The van der Waals surface area contributed by atoms with E-state index in [4.69, 9.17) is 17.3 Å². The van der Waals surface area contributed by atoms with Crippen molar-refractivity contribution in [3.8, 4) is 0 Å². The minimum absolute atomic E-state index is 0.472. The topological polar surface area (TPSA) is 46.2 Å². The van der Waals surface area contributed by atoms with E-state index < -0.39 is 6.10 Å². The van der Waals surface area contributed by atoms with E-state index in [1.807, 2.05) is 61.5 Å². The number of nitrogens with two attached hydrogens (primary N) is 1. The summed E-state index contributed by atoms with van der Waals surface area (Å²) in [5.41, 5.74) is 9.56. The van der Waals surface area contributed by atoms with Crippen LogP contribution in [0, 0.1) is 6.92 Å². The summed E-state index contributed by atoms with van der Waals surface area (Å²) >= 11 is 6.21. The number of hydrogen-bond acceptors (Lipinski definition) is 2. The number of benzene rings is 2. The smallest absolute Gasteiger partial charge is 0.0802 e. The highest BCUT2D eigenvalue weighted by molar-refractivity contribution is 6.32. The van der Waals surface area contributed by atoms with Crippen LogP contribution in [0.3, 0.4) is 0 Å². The maximum Gasteiger partial charge on any atom is 0.0802 e. The van der Waals surface area contributed by atoms with Crippen LogP contribution in [-0.4, -0.2) is 11.7 Å². The molecule has 0 fully saturated rings. The van der Waals surface area contributed by atoms with Gasteiger partial charge in [0.15, 0.2) is 0 Å². The molecule has 3 N–H and O–H groups in total. The first-order chi connectivity index (χ1) is 10.1. The van der Waals surface area contributed by atoms with Gasteiger partial charge in [-0.1, -0.05) is 54.1 Å². The summed E-state index contributed by atoms with van der Waals surface area (Å²) in [6.07, 6.45) is 4.07. The molecule has 1 atom stereocenters. The third-order valence-electron chi connectivity index (χ3n) is 3.45. The molecule has 2 nitrogen and oxygen atoms in total. The van der Waals surface area contributed by atoms with Crippen molar-refractivity contribution in [2.45, 2.75) is 19.4 Å². The molecule has 0 amide bonds. The maximum atomic E-state index is 9.99. The van der Waals surface area contributed by atoms with Crippen molar-refractivity contribution < 1.29 is 5.11 Å². The van der Waals surface area contributed by atoms with Crippen molar-refractivity contribution in [3.05, 3.63) is 69.7 Å². The van der Waals surface area contributed by atoms with Gasteiger partial charge in [-0.2, -0.15) is 0 Å². The Labute approximate surface area is 130 Å². The highest BCUT2D eigenvalue weighted by Gasteiger charge is 2.06. The Kier molecular flexibility index (Phi) is 5.57. The summed E-state index contributed by atoms with van der Waals surface area (Å²) in [4.78, 5) is 0. The zero-order valence-corrected chi connectivity index (χ0v) is 12.8. The monoisotopic (exact) mass is 301 g/mol. The fraction of sp³-hybridized carbons (Fsp3) is 0.222. The Balaban J connectivity index is 2.23. The molecule has 21 heavy (non-hydrogen) atoms. The Hall–Kier alpha value is -1.61. The predicted octanol–water partition coefficient (Wildman–Crippen LogP) is 4.20. The van der Waals surface area contributed by atoms with Crippen LogP contribution in [0.4, 0.5) is 0 Å². The van der Waals surface area contributed by atoms with E-state index in [1.165, 1.54) is 0 Å². The van der Waals surface area contributed by atoms with E-state index in [9.17, 15) is 5.11 Å². The minimum Gasteiger partial charge on any atom is -0.388 e. The molecule has 0 saturated heterocycles. The first-order valence-corrected chi connectivity index (χ1v) is 7.41. The van der Waals surface area contributed by atoms with E-state index >= 15 is 0 Å². The quantitative estimate of drug-likeness (QED) is 0.813. The molecule has 0 aromatic heterocycles. The Morgan fingerprint density at radius 1 is 1.19 bits per heavy atom. The lowest BCUT2D eigenvalue weighted by Gasteiger charge is -2.10. The molecule has 0 spiro atoms. The van der Waals surface area contributed by atoms with Gasteiger partial charge in [-0.15, -0.1) is 0 Å². The second-order valence-electron chi connectivity index (χ2n) is 5.07. The van der Waals surface area contributed by atoms with Crippen LogP contribution < -0.4 is 5.73 Å². The SMILES string of the molecule is Cc1cccc(Cl)c1C=Cc1cccc(C(O)CCN)c1. The van der Waals surface area contributed by atoms with Gasteiger partial charge in [0.25, 0.3) is 0 Å². The summed E-state index contributed by atoms with van der Waals surface area (Å²) in [7, 11) is 0. The highest BCUT2D eigenvalue weighted by Crippen LogP contribution is 2.23. The van der Waals surface area contributed by atoms with Gasteiger partial charge < -0.3 is 10.8 Å². The van der Waals surface area contributed by atoms with Gasteiger partial charge >= 0.3 is 0 Å². The Morgan fingerprint density at radius 2 is 1.95 bits per heavy atom. The Bertz CT molecular complexity index is 617. The maximum absolute atomic E-state index is 9.99. The molecular formula is C18H20ClNO. The minimum atomic E-state index is -0.509. The molecule has 0 radical (unpaired) electrons. The molecule has 110 valence electrons. The molecule has 2 rings (SSSR count). The number of hydrogen-bond donors (Lipinski definition) is 2. The molecule has 0 aliphatic rings. The van der Waals surface area contributed by atoms with Crippen LogP contribution in [0.15, 0.2) is 42.5 Å². The first-order valence-electron chi connectivity index (χ1n) is 7.03. The molecule has 2 aromatic carbocycles. The number of aliphatic hydroxyl groups is 1. The second-order valence-corrected chi connectivity index (χ2v) is 5.47. The fourth-order valence-corrected chi connectivity index (χ4v) is 2.51. The van der Waals surface area contributed by atoms with Crippen molar-refractivity contribution in [2.75, 3.05) is 6.54 Å². The zero-order chi connectivity index (χ0) is 15.2. The highest BCUT2D eigenvalue weighted by atomic mass is 35.5. The molecule has 1 unspecified atom stereocenters. The lowest BCUT2D eigenvalue weighted by molar-refractivity contribution is 0.170. The summed E-state index contributed by atoms with van der Waals surface area (Å²) < 4.78 is 0. The summed E-state index contributed by atoms with van der Waals surface area (Å²) in [6, 6.07) is 13.7. The van der Waals surface area contributed by atoms with E-state index in [2.05, 4.69) is 0 Å². The van der Waals surface area contributed by atoms with Crippen LogP contribution in [0.5, 0.6) is 0 Å². The largest absolute Gasteiger partial charge is 0.388 e. The van der Waals surface area contributed by atoms with Crippen LogP contribution in [0.25, 0.3) is 12.2 Å². The average Bonchev–Trinajstić information content (AvgIpc) is 2.47. The lowest BCUT2D eigenvalue weighted by atomic mass is 10.0. The molecule has 0 aliphatic heterocycles. The van der Waals surface area contributed by atoms with Gasteiger partial charge in [0, 0.05) is 5.02 Å². The lowest BCUT2D eigenvalue weighted by Crippen LogP contribution is -2.06. The second kappa shape index (κ2) is 7.41. The van der Waals surface area contributed by atoms with Crippen LogP contribution in [0.1, 0.15) is 34.8 Å². The molecule has 3 heteroatoms. The molecular weight excluding hydrogens is 282 g/mol. The van der Waals surface area contributed by atoms with Gasteiger partial charge in [-0.3, -0.25) is 0 Å². The standard InChI is InChI=1S/C18H20ClNO/c1-13-4-2-7-17(19)16(13)9-8-14-5-3-6-15(12-14)18(21)10-11-20/h2-9,12,18,21H,10-11,20H2,1H3. The first kappa shape index (κ1) is 15.8. The average molecular weight is 302 g/mol. The van der Waals surface area contributed by atoms with Gasteiger partial charge in [0.2, 0.25) is 0 Å². The predicted molar refractivity (Wildman–Crippen MR) is 90.2 cm³/mol. The number of aryl methyl sites for hydroxylation is 1. The molecule has 0 saturated carbocycles. The summed E-state index contributed by atoms with van der Waals surface area (Å²) in [5.74, 6) is 0. The van der Waals surface area contributed by atoms with Crippen molar-refractivity contribution >= 4 is 23.8 Å². The van der Waals surface area contributed by atoms with Crippen molar-refractivity contribution in [2.24, 2.45) is 5.73 Å². The van der Waals surface area contributed by atoms with Crippen LogP contribution in [-0.2, 0) is 0 Å². The van der Waals surface area contributed by atoms with Crippen LogP contribution in [0.2, 0.25) is 5.02 Å². The van der Waals surface area contributed by atoms with E-state index in [1.54, 1.807) is 0 Å². The molecule has 0 aliphatic carbocycles. The van der Waals surface area contributed by atoms with Gasteiger partial charge in [-0.25, -0.2) is 0 Å². The van der Waals surface area contributed by atoms with Crippen molar-refractivity contribution in [1.82, 2.24) is 0 Å². The fourth-order valence-electron chi connectivity index (χ4n) is 2.23. The van der Waals surface area contributed by atoms with Crippen molar-refractivity contribution in [3.63, 3.8) is 0 Å². The molecule has 0 heterocycles. The van der Waals surface area contributed by atoms with E-state index in [0.29, 0.717) is 13.0 Å². The van der Waals surface area contributed by atoms with Crippen molar-refractivity contribution in [1.29, 1.82) is 0 Å². The Morgan fingerprint density at radius 3 is 2.67 bits per heavy atom. The number of rotatable bonds is 5. The number of halogens is 1. The summed E-state index contributed by atoms with van der Waals surface area (Å²) in [5, 5.41) is 10.7. The number of aliphatic hydroxyl groups excluding tert-OH is 1. The normalized spacial score (nSPS) is 12.8. The van der Waals surface area contributed by atoms with Gasteiger partial charge in [-0.05, 0) is 54.3 Å². The third-order valence-corrected chi connectivity index (χ3v) is 3.78. The van der Waals surface area contributed by atoms with E-state index in [-0.39, 0.29) is 0 Å². The molecule has 2 aromatic rings. The summed E-state index contributed by atoms with van der Waals surface area (Å²) in [6.45, 7) is 2.51. The third kappa shape index (κ3) is 4.18. The van der Waals surface area contributed by atoms with Crippen LogP contribution >= 0.6 is 11.6 Å². The van der Waals surface area contributed by atoms with E-state index in [0.717, 1.165) is 27.3 Å². The van der Waals surface area contributed by atoms with Gasteiger partial charge in [0.1, 0.15) is 0 Å². The molecule has 0 bridgehead atoms. The van der Waals surface area contributed by atoms with Gasteiger partial charge in [0.05, 0.1) is 6.10 Å². The zero-order valence-electron chi connectivity index (χ0n) is 12.1.